The zero-order chi connectivity index (χ0) is 16.9. The average molecular weight is 319 g/mol. The summed E-state index contributed by atoms with van der Waals surface area (Å²) in [7, 11) is 0. The van der Waals surface area contributed by atoms with Gasteiger partial charge in [0.1, 0.15) is 17.2 Å². The van der Waals surface area contributed by atoms with E-state index in [1.165, 1.54) is 6.20 Å². The number of benzene rings is 2. The van der Waals surface area contributed by atoms with Gasteiger partial charge in [0.2, 0.25) is 0 Å². The quantitative estimate of drug-likeness (QED) is 0.785. The van der Waals surface area contributed by atoms with Crippen LogP contribution in [0.3, 0.4) is 0 Å². The molecule has 0 unspecified atom stereocenters. The van der Waals surface area contributed by atoms with Gasteiger partial charge in [-0.15, -0.1) is 0 Å². The molecule has 2 aromatic carbocycles. The molecule has 1 aromatic heterocycles. The third-order valence-corrected chi connectivity index (χ3v) is 3.35. The lowest BCUT2D eigenvalue weighted by atomic mass is 10.2. The second-order valence-corrected chi connectivity index (χ2v) is 5.44. The number of ether oxygens (including phenoxy) is 1. The maximum Gasteiger partial charge on any atom is 0.275 e. The molecule has 0 fully saturated rings. The predicted octanol–water partition coefficient (Wildman–Crippen LogP) is 4.14. The molecule has 0 aliphatic rings. The molecule has 5 heteroatoms. The summed E-state index contributed by atoms with van der Waals surface area (Å²) < 4.78 is 5.78. The normalized spacial score (nSPS) is 10.2. The summed E-state index contributed by atoms with van der Waals surface area (Å²) in [5, 5.41) is 2.78. The predicted molar refractivity (Wildman–Crippen MR) is 92.4 cm³/mol. The molecule has 0 bridgehead atoms. The van der Waals surface area contributed by atoms with Crippen LogP contribution in [0.15, 0.2) is 60.9 Å². The average Bonchev–Trinajstić information content (AvgIpc) is 2.57. The van der Waals surface area contributed by atoms with Crippen molar-refractivity contribution in [3.63, 3.8) is 0 Å². The maximum atomic E-state index is 12.1. The fourth-order valence-corrected chi connectivity index (χ4v) is 2.13. The largest absolute Gasteiger partial charge is 0.457 e. The molecule has 0 spiro atoms. The summed E-state index contributed by atoms with van der Waals surface area (Å²) in [5.74, 6) is 1.19. The van der Waals surface area contributed by atoms with E-state index < -0.39 is 0 Å². The maximum absolute atomic E-state index is 12.1. The first-order valence-electron chi connectivity index (χ1n) is 7.55. The van der Waals surface area contributed by atoms with Crippen LogP contribution in [0.25, 0.3) is 0 Å². The summed E-state index contributed by atoms with van der Waals surface area (Å²) in [6, 6.07) is 15.0. The number of hydrogen-bond acceptors (Lipinski definition) is 4. The van der Waals surface area contributed by atoms with E-state index in [-0.39, 0.29) is 11.6 Å². The van der Waals surface area contributed by atoms with E-state index >= 15 is 0 Å². The van der Waals surface area contributed by atoms with Crippen molar-refractivity contribution in [1.82, 2.24) is 9.97 Å². The van der Waals surface area contributed by atoms with E-state index in [1.807, 2.05) is 38.1 Å². The van der Waals surface area contributed by atoms with Crippen molar-refractivity contribution in [2.24, 2.45) is 0 Å². The van der Waals surface area contributed by atoms with Gasteiger partial charge in [0.25, 0.3) is 5.91 Å². The van der Waals surface area contributed by atoms with Gasteiger partial charge in [-0.3, -0.25) is 9.78 Å². The zero-order valence-electron chi connectivity index (χ0n) is 13.5. The molecular formula is C19H17N3O2. The van der Waals surface area contributed by atoms with E-state index in [1.54, 1.807) is 30.5 Å². The van der Waals surface area contributed by atoms with Crippen molar-refractivity contribution in [2.75, 3.05) is 5.32 Å². The molecule has 0 radical (unpaired) electrons. The molecule has 0 saturated carbocycles. The minimum atomic E-state index is -0.296. The van der Waals surface area contributed by atoms with Crippen LogP contribution in [0.5, 0.6) is 11.5 Å². The van der Waals surface area contributed by atoms with Gasteiger partial charge in [-0.2, -0.15) is 0 Å². The third kappa shape index (κ3) is 3.95. The molecule has 0 atom stereocenters. The van der Waals surface area contributed by atoms with Crippen LogP contribution in [0.4, 0.5) is 5.69 Å². The molecule has 1 N–H and O–H groups in total. The Morgan fingerprint density at radius 3 is 2.42 bits per heavy atom. The Kier molecular flexibility index (Phi) is 4.52. The highest BCUT2D eigenvalue weighted by Gasteiger charge is 2.08. The number of aromatic nitrogens is 2. The lowest BCUT2D eigenvalue weighted by Gasteiger charge is -2.08. The number of aryl methyl sites for hydroxylation is 2. The molecular weight excluding hydrogens is 302 g/mol. The summed E-state index contributed by atoms with van der Waals surface area (Å²) in [6.45, 7) is 3.83. The number of anilines is 1. The summed E-state index contributed by atoms with van der Waals surface area (Å²) >= 11 is 0. The van der Waals surface area contributed by atoms with E-state index in [0.717, 1.165) is 17.0 Å². The Morgan fingerprint density at radius 1 is 0.958 bits per heavy atom. The fourth-order valence-electron chi connectivity index (χ4n) is 2.13. The van der Waals surface area contributed by atoms with Crippen LogP contribution >= 0.6 is 0 Å². The highest BCUT2D eigenvalue weighted by molar-refractivity contribution is 6.02. The van der Waals surface area contributed by atoms with Crippen molar-refractivity contribution in [3.05, 3.63) is 77.9 Å². The number of nitrogens with one attached hydrogen (secondary N) is 1. The van der Waals surface area contributed by atoms with Gasteiger partial charge < -0.3 is 10.1 Å². The van der Waals surface area contributed by atoms with E-state index in [4.69, 9.17) is 4.74 Å². The van der Waals surface area contributed by atoms with Gasteiger partial charge in [0, 0.05) is 11.9 Å². The van der Waals surface area contributed by atoms with Gasteiger partial charge in [0.15, 0.2) is 0 Å². The Morgan fingerprint density at radius 2 is 1.75 bits per heavy atom. The summed E-state index contributed by atoms with van der Waals surface area (Å²) in [4.78, 5) is 20.2. The molecule has 0 aliphatic carbocycles. The Labute approximate surface area is 140 Å². The molecule has 0 saturated heterocycles. The fraction of sp³-hybridized carbons (Fsp3) is 0.105. The summed E-state index contributed by atoms with van der Waals surface area (Å²) in [6.07, 6.45) is 3.02. The first kappa shape index (κ1) is 15.7. The lowest BCUT2D eigenvalue weighted by Crippen LogP contribution is -2.14. The van der Waals surface area contributed by atoms with Crippen molar-refractivity contribution < 1.29 is 9.53 Å². The molecule has 24 heavy (non-hydrogen) atoms. The van der Waals surface area contributed by atoms with Gasteiger partial charge in [-0.05, 0) is 55.8 Å². The van der Waals surface area contributed by atoms with Crippen LogP contribution in [0.1, 0.15) is 21.7 Å². The van der Waals surface area contributed by atoms with E-state index in [9.17, 15) is 4.79 Å². The van der Waals surface area contributed by atoms with E-state index in [0.29, 0.717) is 11.4 Å². The lowest BCUT2D eigenvalue weighted by molar-refractivity contribution is 0.102. The van der Waals surface area contributed by atoms with Crippen LogP contribution < -0.4 is 10.1 Å². The van der Waals surface area contributed by atoms with Gasteiger partial charge in [0.05, 0.1) is 11.9 Å². The van der Waals surface area contributed by atoms with Crippen LogP contribution in [0, 0.1) is 13.8 Å². The molecule has 1 amide bonds. The minimum absolute atomic E-state index is 0.278. The second-order valence-electron chi connectivity index (χ2n) is 5.44. The minimum Gasteiger partial charge on any atom is -0.457 e. The number of carbonyl (C=O) groups is 1. The van der Waals surface area contributed by atoms with Crippen LogP contribution in [0.2, 0.25) is 0 Å². The van der Waals surface area contributed by atoms with Crippen molar-refractivity contribution in [2.45, 2.75) is 13.8 Å². The first-order chi connectivity index (χ1) is 11.6. The van der Waals surface area contributed by atoms with E-state index in [2.05, 4.69) is 15.3 Å². The molecule has 0 aliphatic heterocycles. The SMILES string of the molecule is Cc1cccc(Oc2ccc(NC(=O)c3cnc(C)cn3)cc2)c1. The Bertz CT molecular complexity index is 843. The molecule has 3 rings (SSSR count). The topological polar surface area (TPSA) is 64.1 Å². The van der Waals surface area contributed by atoms with Gasteiger partial charge in [-0.25, -0.2) is 4.98 Å². The number of carbonyl (C=O) groups excluding carboxylic acids is 1. The summed E-state index contributed by atoms with van der Waals surface area (Å²) in [5.41, 5.74) is 2.85. The number of nitrogens with zero attached hydrogens (tertiary/aromatic N) is 2. The zero-order valence-corrected chi connectivity index (χ0v) is 13.5. The van der Waals surface area contributed by atoms with Gasteiger partial charge in [-0.1, -0.05) is 12.1 Å². The third-order valence-electron chi connectivity index (χ3n) is 3.35. The molecule has 120 valence electrons. The first-order valence-corrected chi connectivity index (χ1v) is 7.55. The number of amides is 1. The van der Waals surface area contributed by atoms with Crippen molar-refractivity contribution >= 4 is 11.6 Å². The Hall–Kier alpha value is -3.21. The highest BCUT2D eigenvalue weighted by Crippen LogP contribution is 2.23. The van der Waals surface area contributed by atoms with Crippen LogP contribution in [-0.2, 0) is 0 Å². The molecule has 3 aromatic rings. The van der Waals surface area contributed by atoms with Crippen LogP contribution in [-0.4, -0.2) is 15.9 Å². The Balaban J connectivity index is 1.66. The van der Waals surface area contributed by atoms with Crippen molar-refractivity contribution in [3.8, 4) is 11.5 Å². The number of rotatable bonds is 4. The highest BCUT2D eigenvalue weighted by atomic mass is 16.5. The smallest absolute Gasteiger partial charge is 0.275 e. The monoisotopic (exact) mass is 319 g/mol. The van der Waals surface area contributed by atoms with Gasteiger partial charge >= 0.3 is 0 Å². The standard InChI is InChI=1S/C19H17N3O2/c1-13-4-3-5-17(10-13)24-16-8-6-15(7-9-16)22-19(23)18-12-20-14(2)11-21-18/h3-12H,1-2H3,(H,22,23). The molecule has 5 nitrogen and oxygen atoms in total. The number of hydrogen-bond donors (Lipinski definition) is 1. The molecule has 1 heterocycles. The second kappa shape index (κ2) is 6.91. The van der Waals surface area contributed by atoms with Crippen molar-refractivity contribution in [1.29, 1.82) is 0 Å².